The Morgan fingerprint density at radius 2 is 0.675 bits per heavy atom. The van der Waals surface area contributed by atoms with E-state index in [1.165, 1.54) is 141 Å². The van der Waals surface area contributed by atoms with Gasteiger partial charge in [-0.1, -0.05) is 220 Å². The molecule has 6 atom stereocenters. The number of carbonyl (C=O) groups is 3. The Labute approximate surface area is 488 Å². The molecule has 0 fully saturated rings. The zero-order chi connectivity index (χ0) is 59.1. The number of ether oxygens (including phenoxy) is 2. The molecule has 0 aliphatic rings. The summed E-state index contributed by atoms with van der Waals surface area (Å²) < 4.78 is 72.4. The summed E-state index contributed by atoms with van der Waals surface area (Å²) in [5.41, 5.74) is 13.3. The Balaban J connectivity index is 5.16. The van der Waals surface area contributed by atoms with Crippen LogP contribution >= 0.6 is 15.6 Å². The van der Waals surface area contributed by atoms with Crippen LogP contribution in [0.4, 0.5) is 4.79 Å². The predicted octanol–water partition coefficient (Wildman–Crippen LogP) is 16.4. The minimum atomic E-state index is -4.11. The van der Waals surface area contributed by atoms with Crippen molar-refractivity contribution in [3.05, 3.63) is 25.3 Å². The van der Waals surface area contributed by atoms with Gasteiger partial charge in [0.05, 0.1) is 39.6 Å². The van der Waals surface area contributed by atoms with Crippen LogP contribution in [0.1, 0.15) is 272 Å². The molecule has 0 bridgehead atoms. The highest BCUT2D eigenvalue weighted by Crippen LogP contribution is 2.50. The van der Waals surface area contributed by atoms with Gasteiger partial charge in [-0.15, -0.1) is 13.2 Å². The molecule has 472 valence electrons. The molecule has 0 saturated carbocycles. The lowest BCUT2D eigenvalue weighted by atomic mass is 10.0. The number of nitrogens with one attached hydrogen (secondary N) is 2. The van der Waals surface area contributed by atoms with Gasteiger partial charge in [0.2, 0.25) is 0 Å². The van der Waals surface area contributed by atoms with Gasteiger partial charge in [0.15, 0.2) is 0 Å². The van der Waals surface area contributed by atoms with Crippen molar-refractivity contribution < 1.29 is 60.1 Å². The summed E-state index contributed by atoms with van der Waals surface area (Å²) in [7, 11) is -8.22. The lowest BCUT2D eigenvalue weighted by molar-refractivity contribution is -0.151. The van der Waals surface area contributed by atoms with Crippen molar-refractivity contribution in [2.24, 2.45) is 11.5 Å². The van der Waals surface area contributed by atoms with Gasteiger partial charge in [0.1, 0.15) is 12.2 Å². The van der Waals surface area contributed by atoms with E-state index in [0.29, 0.717) is 25.7 Å². The number of phosphoric acid groups is 2. The van der Waals surface area contributed by atoms with Gasteiger partial charge in [-0.05, 0) is 51.4 Å². The molecule has 0 saturated heterocycles. The molecule has 0 radical (unpaired) electrons. The fourth-order valence-electron chi connectivity index (χ4n) is 9.13. The summed E-state index contributed by atoms with van der Waals surface area (Å²) in [4.78, 5) is 38.6. The van der Waals surface area contributed by atoms with E-state index in [1.807, 2.05) is 0 Å². The van der Waals surface area contributed by atoms with E-state index in [-0.39, 0.29) is 77.5 Å². The summed E-state index contributed by atoms with van der Waals surface area (Å²) in [6.07, 6.45) is 40.7. The molecule has 0 aliphatic heterocycles. The van der Waals surface area contributed by atoms with Crippen LogP contribution in [-0.4, -0.2) is 95.0 Å². The number of amides is 2. The molecule has 6 unspecified atom stereocenters. The Hall–Kier alpha value is -2.17. The zero-order valence-electron chi connectivity index (χ0n) is 51.3. The second-order valence-corrected chi connectivity index (χ2v) is 24.9. The number of carbonyl (C=O) groups excluding carboxylic acids is 3. The van der Waals surface area contributed by atoms with Crippen LogP contribution in [0.25, 0.3) is 0 Å². The number of hydrogen-bond donors (Lipinski definition) is 4. The van der Waals surface area contributed by atoms with Gasteiger partial charge in [-0.2, -0.15) is 0 Å². The van der Waals surface area contributed by atoms with Crippen molar-refractivity contribution in [1.82, 2.24) is 10.6 Å². The molecule has 0 heterocycles. The first-order valence-corrected chi connectivity index (χ1v) is 34.9. The van der Waals surface area contributed by atoms with E-state index in [4.69, 9.17) is 48.1 Å². The van der Waals surface area contributed by atoms with E-state index in [9.17, 15) is 23.5 Å². The molecule has 0 aliphatic carbocycles. The fourth-order valence-corrected chi connectivity index (χ4v) is 11.4. The monoisotopic (exact) mass is 1180 g/mol. The highest BCUT2D eigenvalue weighted by atomic mass is 31.2. The Morgan fingerprint density at radius 3 is 0.975 bits per heavy atom. The van der Waals surface area contributed by atoms with Gasteiger partial charge in [0.25, 0.3) is 0 Å². The second kappa shape index (κ2) is 56.0. The summed E-state index contributed by atoms with van der Waals surface area (Å²) in [5, 5.41) is 5.21. The maximum Gasteiger partial charge on any atom is 0.475 e. The van der Waals surface area contributed by atoms with Crippen LogP contribution in [0, 0.1) is 0 Å². The van der Waals surface area contributed by atoms with E-state index in [2.05, 4.69) is 51.5 Å². The normalized spacial score (nSPS) is 14.6. The Bertz CT molecular complexity index is 1470. The summed E-state index contributed by atoms with van der Waals surface area (Å²) in [6, 6.07) is -1.72. The molecule has 0 rings (SSSR count). The van der Waals surface area contributed by atoms with Crippen molar-refractivity contribution in [2.75, 3.05) is 52.7 Å². The van der Waals surface area contributed by atoms with Gasteiger partial charge in [-0.3, -0.25) is 36.7 Å². The fraction of sp³-hybridized carbons (Fsp3) is 0.885. The van der Waals surface area contributed by atoms with Crippen molar-refractivity contribution >= 4 is 33.6 Å². The summed E-state index contributed by atoms with van der Waals surface area (Å²) in [6.45, 7) is 15.1. The highest BCUT2D eigenvalue weighted by Gasteiger charge is 2.30. The minimum absolute atomic E-state index is 0.0641. The van der Waals surface area contributed by atoms with Crippen LogP contribution in [0.2, 0.25) is 0 Å². The van der Waals surface area contributed by atoms with E-state index >= 15 is 0 Å². The summed E-state index contributed by atoms with van der Waals surface area (Å²) >= 11 is 0. The molecule has 0 aromatic carbocycles. The van der Waals surface area contributed by atoms with Crippen LogP contribution < -0.4 is 22.1 Å². The average molecular weight is 1180 g/mol. The van der Waals surface area contributed by atoms with Gasteiger partial charge in [-0.25, -0.2) is 13.9 Å². The maximum absolute atomic E-state index is 13.6. The molecule has 19 heteroatoms. The molecular weight excluding hydrogens is 1060 g/mol. The first-order chi connectivity index (χ1) is 38.8. The quantitative estimate of drug-likeness (QED) is 0.0192. The third-order valence-electron chi connectivity index (χ3n) is 14.1. The van der Waals surface area contributed by atoms with Crippen molar-refractivity contribution in [3.8, 4) is 0 Å². The molecule has 0 spiro atoms. The number of nitrogens with two attached hydrogens (primary N) is 2. The zero-order valence-corrected chi connectivity index (χ0v) is 53.1. The Kier molecular flexibility index (Phi) is 54.5. The number of urea groups is 1. The van der Waals surface area contributed by atoms with Crippen molar-refractivity contribution in [1.29, 1.82) is 0 Å². The molecule has 17 nitrogen and oxygen atoms in total. The number of rotatable bonds is 62. The number of hydrogen-bond acceptors (Lipinski definition) is 15. The third kappa shape index (κ3) is 48.2. The maximum atomic E-state index is 13.6. The van der Waals surface area contributed by atoms with Crippen molar-refractivity contribution in [2.45, 2.75) is 296 Å². The second-order valence-electron chi connectivity index (χ2n) is 21.5. The standard InChI is InChI=1S/C61H120N4O13P2/c1-7-13-17-21-25-29-33-37-41-57(77-59(66)43-39-35-31-27-23-19-15-9-3)55(62)45-51-73-79(69,71-49-11-5)75-53-47-64-61(68)65-48-54-76-80(70,72-50-12-6)74-52-46-56(63)58(42-38-34-30-26-22-18-14-8-2)78-60(67)44-40-36-32-28-24-20-16-10-4/h11-12,55-58H,5-10,13-54,62-63H2,1-4H3,(H2,64,65,68). The van der Waals surface area contributed by atoms with Crippen molar-refractivity contribution in [3.63, 3.8) is 0 Å². The topological polar surface area (TPSA) is 235 Å². The lowest BCUT2D eigenvalue weighted by Gasteiger charge is -2.25. The lowest BCUT2D eigenvalue weighted by Crippen LogP contribution is -2.39. The minimum Gasteiger partial charge on any atom is -0.461 e. The smallest absolute Gasteiger partial charge is 0.461 e. The SMILES string of the molecule is C=CCOP(=O)(OCCNC(=O)NCCOP(=O)(OCC=C)OCCC(N)C(CCCCCCCCCC)OC(=O)CCCCCCCCCC)OCCC(N)C(CCCCCCCCCC)OC(=O)CCCCCCCCCC. The number of esters is 2. The van der Waals surface area contributed by atoms with Crippen LogP contribution in [0.3, 0.4) is 0 Å². The summed E-state index contributed by atoms with van der Waals surface area (Å²) in [5.74, 6) is -0.497. The molecule has 6 N–H and O–H groups in total. The third-order valence-corrected chi connectivity index (χ3v) is 17.0. The first kappa shape index (κ1) is 77.8. The molecular formula is C61H120N4O13P2. The largest absolute Gasteiger partial charge is 0.475 e. The Morgan fingerprint density at radius 1 is 0.400 bits per heavy atom. The highest BCUT2D eigenvalue weighted by molar-refractivity contribution is 7.48. The van der Waals surface area contributed by atoms with Gasteiger partial charge in [0, 0.05) is 38.0 Å². The van der Waals surface area contributed by atoms with E-state index in [0.717, 1.165) is 77.0 Å². The van der Waals surface area contributed by atoms with Crippen LogP contribution in [0.5, 0.6) is 0 Å². The number of phosphoric ester groups is 2. The van der Waals surface area contributed by atoms with Gasteiger partial charge < -0.3 is 31.6 Å². The molecule has 2 amide bonds. The predicted molar refractivity (Wildman–Crippen MR) is 327 cm³/mol. The van der Waals surface area contributed by atoms with Crippen LogP contribution in [-0.2, 0) is 55.3 Å². The van der Waals surface area contributed by atoms with E-state index in [1.54, 1.807) is 0 Å². The van der Waals surface area contributed by atoms with Crippen LogP contribution in [0.15, 0.2) is 25.3 Å². The molecule has 80 heavy (non-hydrogen) atoms. The number of unbranched alkanes of at least 4 members (excludes halogenated alkanes) is 28. The average Bonchev–Trinajstić information content (AvgIpc) is 3.44. The molecule has 0 aromatic heterocycles. The van der Waals surface area contributed by atoms with Gasteiger partial charge >= 0.3 is 33.6 Å². The molecule has 0 aromatic rings. The van der Waals surface area contributed by atoms with E-state index < -0.39 is 46.0 Å². The first-order valence-electron chi connectivity index (χ1n) is 32.0.